The third-order valence-electron chi connectivity index (χ3n) is 4.48. The smallest absolute Gasteiger partial charge is 0.271 e. The summed E-state index contributed by atoms with van der Waals surface area (Å²) >= 11 is 0. The fourth-order valence-electron chi connectivity index (χ4n) is 3.10. The number of hydrogen-bond acceptors (Lipinski definition) is 5. The zero-order valence-corrected chi connectivity index (χ0v) is 14.8. The van der Waals surface area contributed by atoms with Gasteiger partial charge in [-0.2, -0.15) is 0 Å². The van der Waals surface area contributed by atoms with Crippen molar-refractivity contribution in [3.05, 3.63) is 59.8 Å². The first-order valence-corrected chi connectivity index (χ1v) is 8.67. The van der Waals surface area contributed by atoms with E-state index in [9.17, 15) is 9.59 Å². The Bertz CT molecular complexity index is 1030. The van der Waals surface area contributed by atoms with Crippen molar-refractivity contribution >= 4 is 28.4 Å². The molecule has 3 aromatic rings. The van der Waals surface area contributed by atoms with Gasteiger partial charge in [0.25, 0.3) is 11.8 Å². The van der Waals surface area contributed by atoms with Crippen LogP contribution in [0.2, 0.25) is 0 Å². The lowest BCUT2D eigenvalue weighted by Crippen LogP contribution is -2.43. The predicted octanol–water partition coefficient (Wildman–Crippen LogP) is 2.09. The van der Waals surface area contributed by atoms with Gasteiger partial charge in [-0.1, -0.05) is 30.3 Å². The standard InChI is InChI=1S/C20H18N4O3/c1-13-5-4-6-14-11-15(22-23-19(13)14)20(26)21-9-10-24-16-7-2-3-8-17(16)27-12-18(24)25/h2-8,11H,9-10,12H2,1H3,(H,21,26). The molecule has 0 fully saturated rings. The van der Waals surface area contributed by atoms with Crippen LogP contribution in [0.4, 0.5) is 5.69 Å². The van der Waals surface area contributed by atoms with Crippen molar-refractivity contribution in [2.24, 2.45) is 0 Å². The van der Waals surface area contributed by atoms with Gasteiger partial charge in [0.15, 0.2) is 12.3 Å². The predicted molar refractivity (Wildman–Crippen MR) is 101 cm³/mol. The summed E-state index contributed by atoms with van der Waals surface area (Å²) in [5, 5.41) is 11.8. The monoisotopic (exact) mass is 362 g/mol. The van der Waals surface area contributed by atoms with E-state index in [-0.39, 0.29) is 24.1 Å². The molecule has 7 heteroatoms. The lowest BCUT2D eigenvalue weighted by atomic mass is 10.1. The van der Waals surface area contributed by atoms with Crippen LogP contribution in [0.25, 0.3) is 10.9 Å². The SMILES string of the molecule is Cc1cccc2cc(C(=O)NCCN3C(=O)COc4ccccc43)nnc12. The molecule has 2 aromatic carbocycles. The van der Waals surface area contributed by atoms with Crippen LogP contribution in [-0.2, 0) is 4.79 Å². The first-order chi connectivity index (χ1) is 13.1. The minimum absolute atomic E-state index is 0.000457. The molecule has 0 atom stereocenters. The van der Waals surface area contributed by atoms with Gasteiger partial charge in [-0.3, -0.25) is 9.59 Å². The molecule has 1 aromatic heterocycles. The Morgan fingerprint density at radius 2 is 2.04 bits per heavy atom. The van der Waals surface area contributed by atoms with Gasteiger partial charge in [0.1, 0.15) is 5.75 Å². The molecule has 136 valence electrons. The highest BCUT2D eigenvalue weighted by atomic mass is 16.5. The number of fused-ring (bicyclic) bond motifs is 2. The molecule has 0 bridgehead atoms. The van der Waals surface area contributed by atoms with Gasteiger partial charge in [-0.15, -0.1) is 10.2 Å². The first-order valence-electron chi connectivity index (χ1n) is 8.67. The molecule has 27 heavy (non-hydrogen) atoms. The molecule has 2 heterocycles. The highest BCUT2D eigenvalue weighted by Crippen LogP contribution is 2.30. The second-order valence-electron chi connectivity index (χ2n) is 6.30. The Kier molecular flexibility index (Phi) is 4.42. The van der Waals surface area contributed by atoms with E-state index >= 15 is 0 Å². The number of rotatable bonds is 4. The molecule has 0 radical (unpaired) electrons. The van der Waals surface area contributed by atoms with Gasteiger partial charge in [0.05, 0.1) is 11.2 Å². The lowest BCUT2D eigenvalue weighted by Gasteiger charge is -2.29. The van der Waals surface area contributed by atoms with E-state index in [0.29, 0.717) is 24.5 Å². The second kappa shape index (κ2) is 7.03. The second-order valence-corrected chi connectivity index (χ2v) is 6.30. The van der Waals surface area contributed by atoms with Crippen molar-refractivity contribution in [3.8, 4) is 5.75 Å². The zero-order valence-electron chi connectivity index (χ0n) is 14.8. The van der Waals surface area contributed by atoms with Crippen LogP contribution >= 0.6 is 0 Å². The Balaban J connectivity index is 1.44. The molecule has 1 N–H and O–H groups in total. The molecule has 0 saturated heterocycles. The maximum atomic E-state index is 12.4. The van der Waals surface area contributed by atoms with Crippen molar-refractivity contribution in [1.82, 2.24) is 15.5 Å². The summed E-state index contributed by atoms with van der Waals surface area (Å²) in [6.45, 7) is 2.60. The molecule has 0 saturated carbocycles. The highest BCUT2D eigenvalue weighted by molar-refractivity contribution is 5.98. The molecular weight excluding hydrogens is 344 g/mol. The summed E-state index contributed by atoms with van der Waals surface area (Å²) in [6.07, 6.45) is 0. The van der Waals surface area contributed by atoms with Gasteiger partial charge in [-0.05, 0) is 30.7 Å². The number of amides is 2. The molecule has 2 amide bonds. The number of hydrogen-bond donors (Lipinski definition) is 1. The highest BCUT2D eigenvalue weighted by Gasteiger charge is 2.24. The van der Waals surface area contributed by atoms with E-state index in [4.69, 9.17) is 4.74 Å². The van der Waals surface area contributed by atoms with Gasteiger partial charge >= 0.3 is 0 Å². The van der Waals surface area contributed by atoms with Crippen LogP contribution < -0.4 is 15.0 Å². The lowest BCUT2D eigenvalue weighted by molar-refractivity contribution is -0.121. The number of benzene rings is 2. The van der Waals surface area contributed by atoms with E-state index in [0.717, 1.165) is 16.5 Å². The van der Waals surface area contributed by atoms with Crippen molar-refractivity contribution in [2.45, 2.75) is 6.92 Å². The van der Waals surface area contributed by atoms with Crippen molar-refractivity contribution in [2.75, 3.05) is 24.6 Å². The van der Waals surface area contributed by atoms with Crippen LogP contribution in [0, 0.1) is 6.92 Å². The normalized spacial score (nSPS) is 13.2. The molecule has 0 unspecified atom stereocenters. The molecule has 0 aliphatic carbocycles. The molecule has 7 nitrogen and oxygen atoms in total. The number of aryl methyl sites for hydroxylation is 1. The maximum Gasteiger partial charge on any atom is 0.271 e. The summed E-state index contributed by atoms with van der Waals surface area (Å²) in [7, 11) is 0. The van der Waals surface area contributed by atoms with Gasteiger partial charge in [-0.25, -0.2) is 0 Å². The molecular formula is C20H18N4O3. The van der Waals surface area contributed by atoms with Crippen LogP contribution in [0.15, 0.2) is 48.5 Å². The zero-order chi connectivity index (χ0) is 18.8. The third kappa shape index (κ3) is 3.31. The number of anilines is 1. The van der Waals surface area contributed by atoms with Gasteiger partial charge in [0, 0.05) is 18.5 Å². The number of para-hydroxylation sites is 2. The summed E-state index contributed by atoms with van der Waals surface area (Å²) in [5.41, 5.74) is 2.76. The van der Waals surface area contributed by atoms with Gasteiger partial charge < -0.3 is 15.0 Å². The van der Waals surface area contributed by atoms with E-state index in [1.54, 1.807) is 11.0 Å². The molecule has 1 aliphatic heterocycles. The van der Waals surface area contributed by atoms with E-state index < -0.39 is 0 Å². The Labute approximate surface area is 156 Å². The number of carbonyl (C=O) groups excluding carboxylic acids is 2. The Morgan fingerprint density at radius 1 is 1.19 bits per heavy atom. The third-order valence-corrected chi connectivity index (χ3v) is 4.48. The summed E-state index contributed by atoms with van der Waals surface area (Å²) in [6, 6.07) is 14.8. The molecule has 0 spiro atoms. The van der Waals surface area contributed by atoms with Crippen LogP contribution in [0.3, 0.4) is 0 Å². The minimum atomic E-state index is -0.320. The van der Waals surface area contributed by atoms with E-state index in [2.05, 4.69) is 15.5 Å². The maximum absolute atomic E-state index is 12.4. The van der Waals surface area contributed by atoms with Crippen molar-refractivity contribution in [3.63, 3.8) is 0 Å². The Hall–Kier alpha value is -3.48. The number of nitrogens with zero attached hydrogens (tertiary/aromatic N) is 3. The first kappa shape index (κ1) is 17.0. The summed E-state index contributed by atoms with van der Waals surface area (Å²) in [4.78, 5) is 26.2. The summed E-state index contributed by atoms with van der Waals surface area (Å²) < 4.78 is 5.42. The van der Waals surface area contributed by atoms with Gasteiger partial charge in [0.2, 0.25) is 0 Å². The van der Waals surface area contributed by atoms with E-state index in [1.165, 1.54) is 0 Å². The number of aromatic nitrogens is 2. The summed E-state index contributed by atoms with van der Waals surface area (Å²) in [5.74, 6) is 0.211. The fourth-order valence-corrected chi connectivity index (χ4v) is 3.10. The average Bonchev–Trinajstić information content (AvgIpc) is 2.69. The minimum Gasteiger partial charge on any atom is -0.482 e. The molecule has 1 aliphatic rings. The van der Waals surface area contributed by atoms with Crippen molar-refractivity contribution in [1.29, 1.82) is 0 Å². The number of nitrogens with one attached hydrogen (secondary N) is 1. The topological polar surface area (TPSA) is 84.4 Å². The molecule has 4 rings (SSSR count). The van der Waals surface area contributed by atoms with Crippen LogP contribution in [-0.4, -0.2) is 41.7 Å². The quantitative estimate of drug-likeness (QED) is 0.768. The van der Waals surface area contributed by atoms with E-state index in [1.807, 2.05) is 49.4 Å². The van der Waals surface area contributed by atoms with Crippen LogP contribution in [0.5, 0.6) is 5.75 Å². The number of carbonyl (C=O) groups is 2. The number of ether oxygens (including phenoxy) is 1. The Morgan fingerprint density at radius 3 is 2.93 bits per heavy atom. The largest absolute Gasteiger partial charge is 0.482 e. The average molecular weight is 362 g/mol. The van der Waals surface area contributed by atoms with Crippen molar-refractivity contribution < 1.29 is 14.3 Å². The fraction of sp³-hybridized carbons (Fsp3) is 0.200. The van der Waals surface area contributed by atoms with Crippen LogP contribution in [0.1, 0.15) is 16.1 Å².